The van der Waals surface area contributed by atoms with Gasteiger partial charge < -0.3 is 9.26 Å². The second-order valence-electron chi connectivity index (χ2n) is 7.06. The van der Waals surface area contributed by atoms with Crippen LogP contribution in [0.5, 0.6) is 0 Å². The number of para-hydroxylation sites is 1. The molecule has 7 heteroatoms. The summed E-state index contributed by atoms with van der Waals surface area (Å²) in [6.45, 7) is 5.75. The minimum atomic E-state index is -0.371. The number of esters is 1. The molecule has 2 heterocycles. The van der Waals surface area contributed by atoms with Gasteiger partial charge in [-0.05, 0) is 38.5 Å². The number of rotatable bonds is 6. The number of hydrogen-bond donors (Lipinski definition) is 0. The average Bonchev–Trinajstić information content (AvgIpc) is 3.33. The maximum Gasteiger partial charge on any atom is 0.310 e. The van der Waals surface area contributed by atoms with E-state index in [9.17, 15) is 4.79 Å². The highest BCUT2D eigenvalue weighted by Gasteiger charge is 2.18. The van der Waals surface area contributed by atoms with Crippen LogP contribution in [0.3, 0.4) is 0 Å². The van der Waals surface area contributed by atoms with Crippen molar-refractivity contribution in [3.8, 4) is 17.1 Å². The average molecular weight is 402 g/mol. The lowest BCUT2D eigenvalue weighted by atomic mass is 10.1. The predicted molar refractivity (Wildman–Crippen MR) is 111 cm³/mol. The second kappa shape index (κ2) is 8.32. The van der Waals surface area contributed by atoms with Crippen LogP contribution in [0.4, 0.5) is 0 Å². The number of carbonyl (C=O) groups excluding carboxylic acids is 1. The van der Waals surface area contributed by atoms with Crippen molar-refractivity contribution in [2.24, 2.45) is 0 Å². The van der Waals surface area contributed by atoms with Crippen molar-refractivity contribution in [3.05, 3.63) is 83.0 Å². The van der Waals surface area contributed by atoms with Crippen LogP contribution in [0.1, 0.15) is 28.4 Å². The van der Waals surface area contributed by atoms with E-state index in [4.69, 9.17) is 9.26 Å². The summed E-state index contributed by atoms with van der Waals surface area (Å²) in [4.78, 5) is 16.7. The molecular weight excluding hydrogens is 380 g/mol. The van der Waals surface area contributed by atoms with Gasteiger partial charge in [-0.1, -0.05) is 47.6 Å². The number of aryl methyl sites for hydroxylation is 2. The molecule has 0 saturated heterocycles. The van der Waals surface area contributed by atoms with Crippen LogP contribution >= 0.6 is 0 Å². The second-order valence-corrected chi connectivity index (χ2v) is 7.06. The summed E-state index contributed by atoms with van der Waals surface area (Å²) in [7, 11) is 0. The largest absolute Gasteiger partial charge is 0.455 e. The molecule has 30 heavy (non-hydrogen) atoms. The van der Waals surface area contributed by atoms with Gasteiger partial charge in [-0.15, -0.1) is 0 Å². The van der Waals surface area contributed by atoms with Gasteiger partial charge >= 0.3 is 5.97 Å². The van der Waals surface area contributed by atoms with E-state index in [1.54, 1.807) is 0 Å². The number of hydrogen-bond acceptors (Lipinski definition) is 6. The fraction of sp³-hybridized carbons (Fsp3) is 0.217. The summed E-state index contributed by atoms with van der Waals surface area (Å²) in [6.07, 6.45) is 0.128. The van der Waals surface area contributed by atoms with Gasteiger partial charge in [0, 0.05) is 16.8 Å². The van der Waals surface area contributed by atoms with Crippen molar-refractivity contribution in [2.75, 3.05) is 0 Å². The first kappa shape index (κ1) is 19.6. The highest BCUT2D eigenvalue weighted by Crippen LogP contribution is 2.21. The summed E-state index contributed by atoms with van der Waals surface area (Å²) in [5, 5.41) is 8.55. The summed E-state index contributed by atoms with van der Waals surface area (Å²) in [6, 6.07) is 17.6. The van der Waals surface area contributed by atoms with Gasteiger partial charge in [-0.25, -0.2) is 4.68 Å². The molecule has 0 radical (unpaired) electrons. The molecule has 0 fully saturated rings. The molecule has 4 rings (SSSR count). The number of aromatic nitrogens is 4. The molecule has 0 bridgehead atoms. The molecule has 152 valence electrons. The van der Waals surface area contributed by atoms with Crippen molar-refractivity contribution in [3.63, 3.8) is 0 Å². The Labute approximate surface area is 174 Å². The first-order chi connectivity index (χ1) is 14.5. The molecule has 0 spiro atoms. The van der Waals surface area contributed by atoms with Crippen LogP contribution < -0.4 is 0 Å². The Hall–Kier alpha value is -3.74. The fourth-order valence-corrected chi connectivity index (χ4v) is 3.34. The van der Waals surface area contributed by atoms with Crippen molar-refractivity contribution in [1.29, 1.82) is 0 Å². The van der Waals surface area contributed by atoms with Gasteiger partial charge in [0.05, 0.1) is 17.8 Å². The van der Waals surface area contributed by atoms with E-state index in [1.165, 1.54) is 0 Å². The van der Waals surface area contributed by atoms with Gasteiger partial charge in [0.25, 0.3) is 5.89 Å². The highest BCUT2D eigenvalue weighted by molar-refractivity contribution is 5.73. The molecule has 7 nitrogen and oxygen atoms in total. The molecule has 0 aliphatic rings. The predicted octanol–water partition coefficient (Wildman–Crippen LogP) is 4.13. The maximum absolute atomic E-state index is 12.4. The van der Waals surface area contributed by atoms with Crippen molar-refractivity contribution in [1.82, 2.24) is 19.9 Å². The lowest BCUT2D eigenvalue weighted by Gasteiger charge is -2.05. The SMILES string of the molecule is Cc1ccccc1-c1noc(COC(=O)Cc2c(C)nn(-c3ccccc3)c2C)n1. The van der Waals surface area contributed by atoms with E-state index >= 15 is 0 Å². The third-order valence-corrected chi connectivity index (χ3v) is 4.97. The summed E-state index contributed by atoms with van der Waals surface area (Å²) in [5.74, 6) is 0.370. The highest BCUT2D eigenvalue weighted by atomic mass is 16.6. The molecule has 0 unspecified atom stereocenters. The van der Waals surface area contributed by atoms with Crippen LogP contribution in [0.15, 0.2) is 59.1 Å². The van der Waals surface area contributed by atoms with E-state index in [-0.39, 0.29) is 24.9 Å². The van der Waals surface area contributed by atoms with E-state index in [0.29, 0.717) is 5.82 Å². The van der Waals surface area contributed by atoms with Gasteiger partial charge in [-0.3, -0.25) is 4.79 Å². The van der Waals surface area contributed by atoms with Crippen LogP contribution in [0.25, 0.3) is 17.1 Å². The van der Waals surface area contributed by atoms with Crippen molar-refractivity contribution in [2.45, 2.75) is 33.8 Å². The standard InChI is InChI=1S/C23H22N4O3/c1-15-9-7-8-12-19(15)23-24-21(30-26-23)14-29-22(28)13-20-16(2)25-27(17(20)3)18-10-5-4-6-11-18/h4-12H,13-14H2,1-3H3. The number of carbonyl (C=O) groups is 1. The van der Waals surface area contributed by atoms with Crippen LogP contribution in [-0.4, -0.2) is 25.9 Å². The Morgan fingerprint density at radius 1 is 1.03 bits per heavy atom. The Kier molecular flexibility index (Phi) is 5.43. The number of ether oxygens (including phenoxy) is 1. The molecule has 0 N–H and O–H groups in total. The van der Waals surface area contributed by atoms with E-state index in [2.05, 4.69) is 15.2 Å². The first-order valence-electron chi connectivity index (χ1n) is 9.67. The smallest absolute Gasteiger partial charge is 0.310 e. The Bertz CT molecular complexity index is 1180. The van der Waals surface area contributed by atoms with Gasteiger partial charge in [0.1, 0.15) is 0 Å². The molecule has 0 amide bonds. The Balaban J connectivity index is 1.42. The third-order valence-electron chi connectivity index (χ3n) is 4.97. The quantitative estimate of drug-likeness (QED) is 0.451. The maximum atomic E-state index is 12.4. The molecular formula is C23H22N4O3. The molecule has 4 aromatic rings. The van der Waals surface area contributed by atoms with Crippen molar-refractivity contribution >= 4 is 5.97 Å². The Morgan fingerprint density at radius 3 is 2.53 bits per heavy atom. The van der Waals surface area contributed by atoms with Crippen LogP contribution in [-0.2, 0) is 22.6 Å². The normalized spacial score (nSPS) is 10.9. The molecule has 0 saturated carbocycles. The third kappa shape index (κ3) is 4.00. The van der Waals surface area contributed by atoms with Gasteiger partial charge in [0.2, 0.25) is 5.82 Å². The number of benzene rings is 2. The zero-order valence-electron chi connectivity index (χ0n) is 17.1. The lowest BCUT2D eigenvalue weighted by molar-refractivity contribution is -0.144. The van der Waals surface area contributed by atoms with E-state index in [1.807, 2.05) is 80.1 Å². The van der Waals surface area contributed by atoms with Crippen molar-refractivity contribution < 1.29 is 14.1 Å². The molecule has 2 aromatic heterocycles. The summed E-state index contributed by atoms with van der Waals surface area (Å²) < 4.78 is 12.4. The molecule has 0 aliphatic heterocycles. The van der Waals surface area contributed by atoms with E-state index < -0.39 is 0 Å². The van der Waals surface area contributed by atoms with E-state index in [0.717, 1.165) is 33.8 Å². The molecule has 0 atom stereocenters. The zero-order valence-corrected chi connectivity index (χ0v) is 17.1. The zero-order chi connectivity index (χ0) is 21.1. The minimum absolute atomic E-state index is 0.0668. The fourth-order valence-electron chi connectivity index (χ4n) is 3.34. The summed E-state index contributed by atoms with van der Waals surface area (Å²) in [5.41, 5.74) is 5.45. The minimum Gasteiger partial charge on any atom is -0.455 e. The monoisotopic (exact) mass is 402 g/mol. The lowest BCUT2D eigenvalue weighted by Crippen LogP contribution is -2.09. The van der Waals surface area contributed by atoms with Gasteiger partial charge in [0.15, 0.2) is 6.61 Å². The Morgan fingerprint density at radius 2 is 1.77 bits per heavy atom. The number of nitrogens with zero attached hydrogens (tertiary/aromatic N) is 4. The van der Waals surface area contributed by atoms with Crippen LogP contribution in [0, 0.1) is 20.8 Å². The molecule has 2 aromatic carbocycles. The summed E-state index contributed by atoms with van der Waals surface area (Å²) >= 11 is 0. The molecule has 0 aliphatic carbocycles. The van der Waals surface area contributed by atoms with Crippen LogP contribution in [0.2, 0.25) is 0 Å². The first-order valence-corrected chi connectivity index (χ1v) is 9.67. The van der Waals surface area contributed by atoms with Gasteiger partial charge in [-0.2, -0.15) is 10.1 Å². The topological polar surface area (TPSA) is 83.0 Å².